The summed E-state index contributed by atoms with van der Waals surface area (Å²) in [5.41, 5.74) is 0.953. The average Bonchev–Trinajstić information content (AvgIpc) is 3.18. The molecule has 1 amide bonds. The minimum atomic E-state index is -2.51. The Morgan fingerprint density at radius 2 is 2.27 bits per heavy atom. The zero-order valence-electron chi connectivity index (χ0n) is 16.7. The molecule has 26 heavy (non-hydrogen) atoms. The summed E-state index contributed by atoms with van der Waals surface area (Å²) >= 11 is 5.91. The number of halogens is 1. The lowest BCUT2D eigenvalue weighted by Gasteiger charge is -2.14. The van der Waals surface area contributed by atoms with Crippen molar-refractivity contribution in [3.63, 3.8) is 0 Å². The van der Waals surface area contributed by atoms with Crippen LogP contribution in [0.2, 0.25) is 5.15 Å². The summed E-state index contributed by atoms with van der Waals surface area (Å²) in [4.78, 5) is 16.9. The van der Waals surface area contributed by atoms with Crippen LogP contribution in [-0.2, 0) is 6.98 Å². The third kappa shape index (κ3) is 3.40. The third-order valence-electron chi connectivity index (χ3n) is 3.34. The van der Waals surface area contributed by atoms with E-state index in [1.807, 2.05) is 0 Å². The summed E-state index contributed by atoms with van der Waals surface area (Å²) in [5, 5.41) is 20.7. The van der Waals surface area contributed by atoms with Crippen molar-refractivity contribution in [3.05, 3.63) is 35.4 Å². The van der Waals surface area contributed by atoms with Gasteiger partial charge in [-0.25, -0.2) is 4.98 Å². The highest BCUT2D eigenvalue weighted by molar-refractivity contribution is 6.29. The fraction of sp³-hybridized carbons (Fsp3) is 0.200. The van der Waals surface area contributed by atoms with Crippen LogP contribution in [0.25, 0.3) is 11.3 Å². The van der Waals surface area contributed by atoms with E-state index in [0.29, 0.717) is 10.4 Å². The lowest BCUT2D eigenvalue weighted by molar-refractivity contribution is 0.0958. The number of hydrogen-bond acceptors (Lipinski definition) is 8. The van der Waals surface area contributed by atoms with Crippen LogP contribution in [-0.4, -0.2) is 50.2 Å². The number of nitrogens with zero attached hydrogens (tertiary/aromatic N) is 6. The molecular weight excluding hydrogens is 360 g/mol. The van der Waals surface area contributed by atoms with Crippen LogP contribution >= 0.6 is 11.6 Å². The maximum atomic E-state index is 12.1. The van der Waals surface area contributed by atoms with Gasteiger partial charge in [-0.2, -0.15) is 15.0 Å². The molecule has 3 heterocycles. The number of hydrogen-bond donors (Lipinski definition) is 2. The Balaban J connectivity index is 2.05. The van der Waals surface area contributed by atoms with Crippen molar-refractivity contribution in [1.82, 2.24) is 35.5 Å². The second kappa shape index (κ2) is 7.31. The number of amides is 1. The van der Waals surface area contributed by atoms with Crippen molar-refractivity contribution in [3.8, 4) is 17.0 Å². The van der Waals surface area contributed by atoms with Crippen LogP contribution in [0, 0.1) is 0 Å². The molecule has 11 heteroatoms. The van der Waals surface area contributed by atoms with E-state index >= 15 is 0 Å². The maximum absolute atomic E-state index is 12.1. The summed E-state index contributed by atoms with van der Waals surface area (Å²) in [6.45, 7) is -2.51. The van der Waals surface area contributed by atoms with E-state index in [1.165, 1.54) is 32.6 Å². The molecule has 0 spiro atoms. The Morgan fingerprint density at radius 3 is 2.96 bits per heavy atom. The minimum absolute atomic E-state index is 0.000460. The normalized spacial score (nSPS) is 12.7. The predicted molar refractivity (Wildman–Crippen MR) is 94.5 cm³/mol. The molecule has 0 aliphatic heterocycles. The van der Waals surface area contributed by atoms with Crippen LogP contribution in [0.4, 0.5) is 11.5 Å². The number of ether oxygens (including phenoxy) is 1. The zero-order valence-corrected chi connectivity index (χ0v) is 14.4. The SMILES string of the molecule is [2H]C([2H])([2H])n1ncc(-c2ccnc(Nc3cc(Cl)nnc3C(=O)NC)c2OC)n1. The fourth-order valence-electron chi connectivity index (χ4n) is 2.21. The number of pyridine rings is 1. The van der Waals surface area contributed by atoms with Gasteiger partial charge < -0.3 is 15.4 Å². The van der Waals surface area contributed by atoms with Gasteiger partial charge in [0.2, 0.25) is 0 Å². The summed E-state index contributed by atoms with van der Waals surface area (Å²) in [5.74, 6) is -0.00375. The second-order valence-electron chi connectivity index (χ2n) is 4.89. The highest BCUT2D eigenvalue weighted by atomic mass is 35.5. The molecule has 0 saturated heterocycles. The van der Waals surface area contributed by atoms with E-state index in [0.717, 1.165) is 0 Å². The summed E-state index contributed by atoms with van der Waals surface area (Å²) in [6, 6.07) is 3.01. The Morgan fingerprint density at radius 1 is 1.42 bits per heavy atom. The second-order valence-corrected chi connectivity index (χ2v) is 5.28. The van der Waals surface area contributed by atoms with Gasteiger partial charge in [-0.3, -0.25) is 4.79 Å². The monoisotopic (exact) mass is 377 g/mol. The van der Waals surface area contributed by atoms with Crippen molar-refractivity contribution in [1.29, 1.82) is 0 Å². The van der Waals surface area contributed by atoms with Gasteiger partial charge >= 0.3 is 0 Å². The van der Waals surface area contributed by atoms with Crippen molar-refractivity contribution in [2.45, 2.75) is 0 Å². The van der Waals surface area contributed by atoms with Crippen molar-refractivity contribution < 1.29 is 13.6 Å². The van der Waals surface area contributed by atoms with Gasteiger partial charge in [0.15, 0.2) is 22.4 Å². The van der Waals surface area contributed by atoms with Crippen LogP contribution in [0.3, 0.4) is 0 Å². The van der Waals surface area contributed by atoms with Crippen LogP contribution in [0.15, 0.2) is 24.5 Å². The molecule has 2 N–H and O–H groups in total. The molecule has 134 valence electrons. The van der Waals surface area contributed by atoms with E-state index in [9.17, 15) is 4.79 Å². The lowest BCUT2D eigenvalue weighted by atomic mass is 10.2. The Kier molecular flexibility index (Phi) is 3.93. The van der Waals surface area contributed by atoms with Gasteiger partial charge in [-0.1, -0.05) is 11.6 Å². The molecule has 3 aromatic heterocycles. The van der Waals surface area contributed by atoms with Gasteiger partial charge in [-0.05, 0) is 6.07 Å². The standard InChI is InChI=1S/C15H15ClN8O2/c1-17-15(25)12-9(6-11(16)21-22-12)20-14-13(26-3)8(4-5-18-14)10-7-19-24(2)23-10/h4-7H,1-3H3,(H,17,25)(H,18,20,21)/i2D3. The van der Waals surface area contributed by atoms with E-state index in [-0.39, 0.29) is 33.8 Å². The first-order valence-electron chi connectivity index (χ1n) is 8.73. The van der Waals surface area contributed by atoms with Gasteiger partial charge in [-0.15, -0.1) is 10.2 Å². The molecule has 0 aromatic carbocycles. The van der Waals surface area contributed by atoms with Gasteiger partial charge in [0.1, 0.15) is 5.69 Å². The number of methoxy groups -OCH3 is 1. The molecule has 0 radical (unpaired) electrons. The maximum Gasteiger partial charge on any atom is 0.273 e. The largest absolute Gasteiger partial charge is 0.492 e. The van der Waals surface area contributed by atoms with Crippen molar-refractivity contribution in [2.75, 3.05) is 19.5 Å². The van der Waals surface area contributed by atoms with E-state index in [1.54, 1.807) is 6.07 Å². The minimum Gasteiger partial charge on any atom is -0.492 e. The summed E-state index contributed by atoms with van der Waals surface area (Å²) < 4.78 is 27.6. The van der Waals surface area contributed by atoms with Crippen LogP contribution < -0.4 is 15.4 Å². The first kappa shape index (κ1) is 14.0. The first-order valence-corrected chi connectivity index (χ1v) is 7.61. The third-order valence-corrected chi connectivity index (χ3v) is 3.52. The number of carbonyl (C=O) groups excluding carboxylic acids is 1. The quantitative estimate of drug-likeness (QED) is 0.685. The average molecular weight is 378 g/mol. The van der Waals surface area contributed by atoms with E-state index < -0.39 is 12.9 Å². The smallest absolute Gasteiger partial charge is 0.273 e. The molecule has 3 aromatic rings. The number of aryl methyl sites for hydroxylation is 1. The van der Waals surface area contributed by atoms with Gasteiger partial charge in [0, 0.05) is 30.4 Å². The van der Waals surface area contributed by atoms with Crippen molar-refractivity contribution >= 4 is 29.0 Å². The molecule has 0 unspecified atom stereocenters. The molecule has 0 saturated carbocycles. The van der Waals surface area contributed by atoms with Crippen LogP contribution in [0.5, 0.6) is 5.75 Å². The number of nitrogens with one attached hydrogen (secondary N) is 2. The predicted octanol–water partition coefficient (Wildman–Crippen LogP) is 1.43. The fourth-order valence-corrected chi connectivity index (χ4v) is 2.36. The first-order chi connectivity index (χ1) is 13.7. The molecular formula is C15H15ClN8O2. The highest BCUT2D eigenvalue weighted by Gasteiger charge is 2.19. The topological polar surface area (TPSA) is 120 Å². The van der Waals surface area contributed by atoms with E-state index in [4.69, 9.17) is 20.5 Å². The number of aromatic nitrogens is 6. The molecule has 0 aliphatic rings. The van der Waals surface area contributed by atoms with Gasteiger partial charge in [0.25, 0.3) is 5.91 Å². The summed E-state index contributed by atoms with van der Waals surface area (Å²) in [7, 11) is 2.87. The number of carbonyl (C=O) groups is 1. The molecule has 0 bridgehead atoms. The molecule has 0 aliphatic carbocycles. The lowest BCUT2D eigenvalue weighted by Crippen LogP contribution is -2.21. The number of anilines is 2. The number of rotatable bonds is 5. The Bertz CT molecular complexity index is 1060. The molecule has 0 atom stereocenters. The Hall–Kier alpha value is -3.27. The highest BCUT2D eigenvalue weighted by Crippen LogP contribution is 2.35. The van der Waals surface area contributed by atoms with Gasteiger partial charge in [0.05, 0.1) is 24.6 Å². The summed E-state index contributed by atoms with van der Waals surface area (Å²) in [6.07, 6.45) is 2.76. The Labute approximate surface area is 157 Å². The molecule has 0 fully saturated rings. The van der Waals surface area contributed by atoms with E-state index in [2.05, 4.69) is 36.0 Å². The molecule has 3 rings (SSSR count). The molecule has 10 nitrogen and oxygen atoms in total. The van der Waals surface area contributed by atoms with Crippen LogP contribution in [0.1, 0.15) is 14.6 Å². The zero-order chi connectivity index (χ0) is 21.2. The van der Waals surface area contributed by atoms with Crippen molar-refractivity contribution in [2.24, 2.45) is 6.98 Å².